The number of carboxylic acid groups (broad SMARTS) is 2. The average Bonchev–Trinajstić information content (AvgIpc) is 2.87. The third-order valence-corrected chi connectivity index (χ3v) is 8.76. The summed E-state index contributed by atoms with van der Waals surface area (Å²) in [7, 11) is 10.6. The highest BCUT2D eigenvalue weighted by molar-refractivity contribution is 8.76. The smallest absolute Gasteiger partial charge is 0.327 e. The molecule has 0 radical (unpaired) electrons. The topological polar surface area (TPSA) is 139 Å². The maximum absolute atomic E-state index is 12.2. The highest BCUT2D eigenvalue weighted by Gasteiger charge is 2.23. The molecule has 12 heteroatoms. The van der Waals surface area contributed by atoms with Gasteiger partial charge in [0.15, 0.2) is 0 Å². The van der Waals surface area contributed by atoms with Crippen LogP contribution < -0.4 is 10.6 Å². The van der Waals surface area contributed by atoms with Gasteiger partial charge in [-0.05, 0) is 67.0 Å². The van der Waals surface area contributed by atoms with E-state index in [-0.39, 0.29) is 23.3 Å². The Kier molecular flexibility index (Phi) is 24.3. The van der Waals surface area contributed by atoms with Gasteiger partial charge < -0.3 is 30.6 Å². The summed E-state index contributed by atoms with van der Waals surface area (Å²) < 4.78 is 0. The molecule has 2 unspecified atom stereocenters. The van der Waals surface area contributed by atoms with Gasteiger partial charge in [0, 0.05) is 24.3 Å². The van der Waals surface area contributed by atoms with E-state index in [4.69, 9.17) is 0 Å². The van der Waals surface area contributed by atoms with E-state index in [0.29, 0.717) is 12.8 Å². The van der Waals surface area contributed by atoms with Gasteiger partial charge in [-0.25, -0.2) is 9.59 Å². The summed E-state index contributed by atoms with van der Waals surface area (Å²) in [5, 5.41) is 24.1. The lowest BCUT2D eigenvalue weighted by molar-refractivity contribution is -0.141. The fraction of sp³-hybridized carbons (Fsp3) is 0.857. The number of carbonyl (C=O) groups excluding carboxylic acids is 2. The van der Waals surface area contributed by atoms with Crippen LogP contribution in [0.25, 0.3) is 0 Å². The van der Waals surface area contributed by atoms with Crippen LogP contribution in [-0.2, 0) is 19.2 Å². The van der Waals surface area contributed by atoms with Gasteiger partial charge in [-0.1, -0.05) is 73.0 Å². The molecule has 0 aromatic carbocycles. The first-order valence-electron chi connectivity index (χ1n) is 14.6. The monoisotopic (exact) mass is 606 g/mol. The minimum Gasteiger partial charge on any atom is -0.480 e. The number of unbranched alkanes of at least 4 members (excludes halogenated alkanes) is 10. The number of rotatable bonds is 27. The highest BCUT2D eigenvalue weighted by atomic mass is 33.1. The molecule has 0 heterocycles. The zero-order valence-corrected chi connectivity index (χ0v) is 26.8. The molecule has 0 spiro atoms. The van der Waals surface area contributed by atoms with Crippen molar-refractivity contribution in [3.8, 4) is 0 Å². The zero-order chi connectivity index (χ0) is 30.2. The summed E-state index contributed by atoms with van der Waals surface area (Å²) in [4.78, 5) is 51.9. The average molecular weight is 607 g/mol. The zero-order valence-electron chi connectivity index (χ0n) is 25.1. The predicted molar refractivity (Wildman–Crippen MR) is 166 cm³/mol. The molecule has 0 aliphatic carbocycles. The van der Waals surface area contributed by atoms with Crippen LogP contribution in [0, 0.1) is 0 Å². The number of carboxylic acids is 2. The molecule has 0 bridgehead atoms. The molecule has 0 saturated heterocycles. The lowest BCUT2D eigenvalue weighted by atomic mass is 10.1. The Balaban J connectivity index is 4.10. The van der Waals surface area contributed by atoms with Crippen molar-refractivity contribution >= 4 is 45.3 Å². The second-order valence-electron chi connectivity index (χ2n) is 10.8. The van der Waals surface area contributed by atoms with Crippen molar-refractivity contribution in [2.75, 3.05) is 52.8 Å². The van der Waals surface area contributed by atoms with Gasteiger partial charge >= 0.3 is 11.9 Å². The van der Waals surface area contributed by atoms with Crippen LogP contribution >= 0.6 is 21.6 Å². The highest BCUT2D eigenvalue weighted by Crippen LogP contribution is 2.23. The molecule has 0 aliphatic rings. The second-order valence-corrected chi connectivity index (χ2v) is 13.4. The summed E-state index contributed by atoms with van der Waals surface area (Å²) >= 11 is 0. The quantitative estimate of drug-likeness (QED) is 0.0799. The van der Waals surface area contributed by atoms with Crippen LogP contribution in [0.3, 0.4) is 0 Å². The van der Waals surface area contributed by atoms with E-state index in [0.717, 1.165) is 64.5 Å². The van der Waals surface area contributed by atoms with Crippen molar-refractivity contribution in [2.45, 2.75) is 102 Å². The van der Waals surface area contributed by atoms with Gasteiger partial charge in [0.05, 0.1) is 0 Å². The molecule has 40 heavy (non-hydrogen) atoms. The Hall–Kier alpha value is -1.50. The number of nitrogens with one attached hydrogen (secondary N) is 2. The van der Waals surface area contributed by atoms with Crippen molar-refractivity contribution in [2.24, 2.45) is 0 Å². The van der Waals surface area contributed by atoms with Crippen molar-refractivity contribution in [1.29, 1.82) is 0 Å². The van der Waals surface area contributed by atoms with Crippen molar-refractivity contribution in [1.82, 2.24) is 20.4 Å². The number of hydrogen-bond acceptors (Lipinski definition) is 8. The maximum atomic E-state index is 12.2. The first-order chi connectivity index (χ1) is 19.0. The van der Waals surface area contributed by atoms with Crippen LogP contribution in [-0.4, -0.2) is 109 Å². The van der Waals surface area contributed by atoms with Crippen LogP contribution in [0.4, 0.5) is 0 Å². The third kappa shape index (κ3) is 24.3. The standard InChI is InChI=1S/C28H54N4O6S2/c1-31(2)19-15-11-7-5-9-13-17-25(33)29-23(27(35)36)21-39-40-22-24(28(37)38)30-26(34)18-14-10-6-8-12-16-20-32(3)4/h23-24H,5-22H2,1-4H3,(H,29,33)(H,30,34)(H,35,36)(H,37,38). The number of carbonyl (C=O) groups is 4. The largest absolute Gasteiger partial charge is 0.480 e. The van der Waals surface area contributed by atoms with E-state index in [9.17, 15) is 29.4 Å². The van der Waals surface area contributed by atoms with Crippen LogP contribution in [0.1, 0.15) is 89.9 Å². The summed E-state index contributed by atoms with van der Waals surface area (Å²) in [5.74, 6) is -2.60. The Labute approximate surface area is 249 Å². The summed E-state index contributed by atoms with van der Waals surface area (Å²) in [6, 6.07) is -2.09. The van der Waals surface area contributed by atoms with E-state index in [1.807, 2.05) is 0 Å². The normalized spacial score (nSPS) is 12.8. The van der Waals surface area contributed by atoms with Crippen molar-refractivity contribution < 1.29 is 29.4 Å². The molecule has 0 aliphatic heterocycles. The van der Waals surface area contributed by atoms with E-state index in [1.165, 1.54) is 47.3 Å². The van der Waals surface area contributed by atoms with Gasteiger partial charge in [-0.2, -0.15) is 0 Å². The Morgan fingerprint density at radius 1 is 0.550 bits per heavy atom. The third-order valence-electron chi connectivity index (χ3n) is 6.34. The molecule has 0 aromatic rings. The minimum absolute atomic E-state index is 0.104. The lowest BCUT2D eigenvalue weighted by Crippen LogP contribution is -2.43. The molecular weight excluding hydrogens is 552 g/mol. The molecule has 10 nitrogen and oxygen atoms in total. The Bertz CT molecular complexity index is 654. The van der Waals surface area contributed by atoms with E-state index < -0.39 is 24.0 Å². The predicted octanol–water partition coefficient (Wildman–Crippen LogP) is 4.09. The first-order valence-corrected chi connectivity index (χ1v) is 17.1. The van der Waals surface area contributed by atoms with Gasteiger partial charge in [-0.15, -0.1) is 0 Å². The minimum atomic E-state index is -1.12. The van der Waals surface area contributed by atoms with Gasteiger partial charge in [-0.3, -0.25) is 9.59 Å². The second kappa shape index (κ2) is 25.2. The Morgan fingerprint density at radius 3 is 1.15 bits per heavy atom. The summed E-state index contributed by atoms with van der Waals surface area (Å²) in [5.41, 5.74) is 0. The van der Waals surface area contributed by atoms with E-state index in [2.05, 4.69) is 48.6 Å². The lowest BCUT2D eigenvalue weighted by Gasteiger charge is -2.16. The van der Waals surface area contributed by atoms with Crippen LogP contribution in [0.5, 0.6) is 0 Å². The molecule has 0 rings (SSSR count). The fourth-order valence-electron chi connectivity index (χ4n) is 3.96. The van der Waals surface area contributed by atoms with Gasteiger partial charge in [0.1, 0.15) is 12.1 Å². The first kappa shape index (κ1) is 38.5. The Morgan fingerprint density at radius 2 is 0.850 bits per heavy atom. The molecule has 0 saturated carbocycles. The van der Waals surface area contributed by atoms with Gasteiger partial charge in [0.25, 0.3) is 0 Å². The molecule has 4 N–H and O–H groups in total. The van der Waals surface area contributed by atoms with Gasteiger partial charge in [0.2, 0.25) is 11.8 Å². The van der Waals surface area contributed by atoms with Crippen LogP contribution in [0.2, 0.25) is 0 Å². The van der Waals surface area contributed by atoms with Crippen molar-refractivity contribution in [3.05, 3.63) is 0 Å². The number of nitrogens with zero attached hydrogens (tertiary/aromatic N) is 2. The summed E-state index contributed by atoms with van der Waals surface area (Å²) in [6.45, 7) is 2.16. The van der Waals surface area contributed by atoms with E-state index >= 15 is 0 Å². The molecule has 2 amide bonds. The maximum Gasteiger partial charge on any atom is 0.327 e. The molecule has 234 valence electrons. The summed E-state index contributed by atoms with van der Waals surface area (Å²) in [6.07, 6.45) is 13.0. The molecule has 2 atom stereocenters. The SMILES string of the molecule is CN(C)CCCCCCCCC(=O)NC(CSSCC(NC(=O)CCCCCCCCN(C)C)C(=O)O)C(=O)O. The molecule has 0 aromatic heterocycles. The number of aliphatic carboxylic acids is 2. The number of hydrogen-bond donors (Lipinski definition) is 4. The van der Waals surface area contributed by atoms with E-state index in [1.54, 1.807) is 0 Å². The van der Waals surface area contributed by atoms with Crippen molar-refractivity contribution in [3.63, 3.8) is 0 Å². The molecule has 0 fully saturated rings. The fourth-order valence-corrected chi connectivity index (χ4v) is 6.27. The van der Waals surface area contributed by atoms with Crippen LogP contribution in [0.15, 0.2) is 0 Å². The molecular formula is C28H54N4O6S2. The number of amides is 2.